The molecule has 3 rings (SSSR count). The number of carbonyl (C=O) groups is 1. The Morgan fingerprint density at radius 1 is 1.04 bits per heavy atom. The highest BCUT2D eigenvalue weighted by atomic mass is 32.2. The quantitative estimate of drug-likeness (QED) is 0.794. The summed E-state index contributed by atoms with van der Waals surface area (Å²) in [5.41, 5.74) is 1.89. The Kier molecular flexibility index (Phi) is 6.63. The van der Waals surface area contributed by atoms with Gasteiger partial charge in [-0.2, -0.15) is 0 Å². The van der Waals surface area contributed by atoms with Gasteiger partial charge in [0.15, 0.2) is 0 Å². The maximum Gasteiger partial charge on any atom is 0.228 e. The molecule has 1 aliphatic heterocycles. The van der Waals surface area contributed by atoms with Crippen molar-refractivity contribution in [2.24, 2.45) is 5.92 Å². The highest BCUT2D eigenvalue weighted by Gasteiger charge is 2.32. The van der Waals surface area contributed by atoms with Gasteiger partial charge in [-0.05, 0) is 43.4 Å². The Labute approximate surface area is 161 Å². The number of carbonyl (C=O) groups excluding carboxylic acids is 1. The number of benzene rings is 2. The van der Waals surface area contributed by atoms with E-state index in [1.54, 1.807) is 0 Å². The first-order valence-electron chi connectivity index (χ1n) is 9.42. The summed E-state index contributed by atoms with van der Waals surface area (Å²) >= 11 is 0. The van der Waals surface area contributed by atoms with Crippen molar-refractivity contribution in [3.05, 3.63) is 66.2 Å². The number of nitrogens with zero attached hydrogens (tertiary/aromatic N) is 1. The Morgan fingerprint density at radius 2 is 1.70 bits per heavy atom. The van der Waals surface area contributed by atoms with Crippen molar-refractivity contribution in [2.75, 3.05) is 24.2 Å². The zero-order valence-electron chi connectivity index (χ0n) is 15.4. The number of amides is 1. The fourth-order valence-electron chi connectivity index (χ4n) is 3.41. The normalized spacial score (nSPS) is 18.1. The summed E-state index contributed by atoms with van der Waals surface area (Å²) in [6.45, 7) is 0.773. The highest BCUT2D eigenvalue weighted by Crippen LogP contribution is 2.22. The van der Waals surface area contributed by atoms with Gasteiger partial charge in [0.2, 0.25) is 15.9 Å². The molecule has 0 spiro atoms. The molecular weight excluding hydrogens is 360 g/mol. The van der Waals surface area contributed by atoms with Crippen molar-refractivity contribution < 1.29 is 13.2 Å². The van der Waals surface area contributed by atoms with Gasteiger partial charge in [-0.25, -0.2) is 12.7 Å². The van der Waals surface area contributed by atoms with Crippen LogP contribution in [0.3, 0.4) is 0 Å². The molecular formula is C21H26N2O3S. The summed E-state index contributed by atoms with van der Waals surface area (Å²) in [5.74, 6) is -0.289. The van der Waals surface area contributed by atoms with Crippen LogP contribution in [0.25, 0.3) is 0 Å². The minimum Gasteiger partial charge on any atom is -0.326 e. The van der Waals surface area contributed by atoms with Gasteiger partial charge in [0.05, 0.1) is 11.7 Å². The van der Waals surface area contributed by atoms with Gasteiger partial charge in [0.25, 0.3) is 0 Å². The van der Waals surface area contributed by atoms with Crippen LogP contribution in [0, 0.1) is 5.92 Å². The SMILES string of the molecule is O=C(Nc1ccccc1)[C@@H]1CCCN(S(=O)(=O)CCCc2ccccc2)C1. The lowest BCUT2D eigenvalue weighted by Crippen LogP contribution is -2.44. The van der Waals surface area contributed by atoms with Gasteiger partial charge in [-0.3, -0.25) is 4.79 Å². The van der Waals surface area contributed by atoms with Crippen LogP contribution in [0.1, 0.15) is 24.8 Å². The molecule has 5 nitrogen and oxygen atoms in total. The number of aryl methyl sites for hydroxylation is 1. The summed E-state index contributed by atoms with van der Waals surface area (Å²) in [7, 11) is -3.34. The van der Waals surface area contributed by atoms with E-state index in [-0.39, 0.29) is 24.1 Å². The molecule has 1 fully saturated rings. The topological polar surface area (TPSA) is 66.5 Å². The predicted octanol–water partition coefficient (Wildman–Crippen LogP) is 3.30. The number of para-hydroxylation sites is 1. The van der Waals surface area contributed by atoms with Crippen molar-refractivity contribution >= 4 is 21.6 Å². The lowest BCUT2D eigenvalue weighted by atomic mass is 9.99. The van der Waals surface area contributed by atoms with Crippen molar-refractivity contribution in [1.82, 2.24) is 4.31 Å². The van der Waals surface area contributed by atoms with Gasteiger partial charge < -0.3 is 5.32 Å². The van der Waals surface area contributed by atoms with E-state index >= 15 is 0 Å². The highest BCUT2D eigenvalue weighted by molar-refractivity contribution is 7.89. The Bertz CT molecular complexity index is 838. The summed E-state index contributed by atoms with van der Waals surface area (Å²) in [5, 5.41) is 2.89. The van der Waals surface area contributed by atoms with E-state index < -0.39 is 10.0 Å². The molecule has 1 aliphatic rings. The van der Waals surface area contributed by atoms with E-state index in [4.69, 9.17) is 0 Å². The molecule has 27 heavy (non-hydrogen) atoms. The molecule has 1 N–H and O–H groups in total. The average Bonchev–Trinajstić information content (AvgIpc) is 2.69. The van der Waals surface area contributed by atoms with E-state index in [9.17, 15) is 13.2 Å². The molecule has 2 aromatic rings. The van der Waals surface area contributed by atoms with Crippen molar-refractivity contribution in [2.45, 2.75) is 25.7 Å². The molecule has 6 heteroatoms. The summed E-state index contributed by atoms with van der Waals surface area (Å²) < 4.78 is 26.9. The first kappa shape index (κ1) is 19.6. The van der Waals surface area contributed by atoms with E-state index in [2.05, 4.69) is 5.32 Å². The average molecular weight is 387 g/mol. The Balaban J connectivity index is 1.53. The Hall–Kier alpha value is -2.18. The van der Waals surface area contributed by atoms with Gasteiger partial charge in [-0.15, -0.1) is 0 Å². The minimum absolute atomic E-state index is 0.106. The van der Waals surface area contributed by atoms with Crippen LogP contribution in [0.4, 0.5) is 5.69 Å². The van der Waals surface area contributed by atoms with E-state index in [0.717, 1.165) is 17.7 Å². The van der Waals surface area contributed by atoms with Crippen molar-refractivity contribution in [1.29, 1.82) is 0 Å². The zero-order valence-corrected chi connectivity index (χ0v) is 16.2. The molecule has 144 valence electrons. The van der Waals surface area contributed by atoms with Gasteiger partial charge in [-0.1, -0.05) is 48.5 Å². The number of piperidine rings is 1. The third-order valence-corrected chi connectivity index (χ3v) is 6.82. The monoisotopic (exact) mass is 386 g/mol. The maximum atomic E-state index is 12.7. The lowest BCUT2D eigenvalue weighted by Gasteiger charge is -2.31. The summed E-state index contributed by atoms with van der Waals surface area (Å²) in [6.07, 6.45) is 2.76. The maximum absolute atomic E-state index is 12.7. The Morgan fingerprint density at radius 3 is 2.41 bits per heavy atom. The van der Waals surface area contributed by atoms with Crippen LogP contribution in [0.5, 0.6) is 0 Å². The third kappa shape index (κ3) is 5.65. The van der Waals surface area contributed by atoms with Crippen LogP contribution in [0.2, 0.25) is 0 Å². The van der Waals surface area contributed by atoms with Gasteiger partial charge >= 0.3 is 0 Å². The number of hydrogen-bond donors (Lipinski definition) is 1. The summed E-state index contributed by atoms with van der Waals surface area (Å²) in [4.78, 5) is 12.5. The lowest BCUT2D eigenvalue weighted by molar-refractivity contribution is -0.120. The number of hydrogen-bond acceptors (Lipinski definition) is 3. The second-order valence-electron chi connectivity index (χ2n) is 6.96. The third-order valence-electron chi connectivity index (χ3n) is 4.90. The molecule has 1 saturated heterocycles. The van der Waals surface area contributed by atoms with E-state index in [0.29, 0.717) is 25.8 Å². The number of sulfonamides is 1. The standard InChI is InChI=1S/C21H26N2O3S/c24-21(22-20-13-5-2-6-14-20)19-12-7-15-23(17-19)27(25,26)16-8-11-18-9-3-1-4-10-18/h1-6,9-10,13-14,19H,7-8,11-12,15-17H2,(H,22,24)/t19-/m1/s1. The van der Waals surface area contributed by atoms with Crippen LogP contribution in [0.15, 0.2) is 60.7 Å². The molecule has 0 unspecified atom stereocenters. The van der Waals surface area contributed by atoms with Crippen molar-refractivity contribution in [3.63, 3.8) is 0 Å². The van der Waals surface area contributed by atoms with Crippen LogP contribution < -0.4 is 5.32 Å². The molecule has 1 heterocycles. The number of rotatable bonds is 7. The first-order chi connectivity index (χ1) is 13.0. The van der Waals surface area contributed by atoms with E-state index in [1.165, 1.54) is 4.31 Å². The predicted molar refractivity (Wildman–Crippen MR) is 108 cm³/mol. The fourth-order valence-corrected chi connectivity index (χ4v) is 4.99. The summed E-state index contributed by atoms with van der Waals surface area (Å²) in [6, 6.07) is 19.2. The van der Waals surface area contributed by atoms with Crippen LogP contribution >= 0.6 is 0 Å². The molecule has 0 aliphatic carbocycles. The fraction of sp³-hybridized carbons (Fsp3) is 0.381. The zero-order chi connectivity index (χ0) is 19.1. The number of nitrogens with one attached hydrogen (secondary N) is 1. The molecule has 1 atom stereocenters. The minimum atomic E-state index is -3.34. The molecule has 0 bridgehead atoms. The molecule has 0 radical (unpaired) electrons. The smallest absolute Gasteiger partial charge is 0.228 e. The van der Waals surface area contributed by atoms with Gasteiger partial charge in [0, 0.05) is 18.8 Å². The van der Waals surface area contributed by atoms with Gasteiger partial charge in [0.1, 0.15) is 0 Å². The second-order valence-corrected chi connectivity index (χ2v) is 9.05. The van der Waals surface area contributed by atoms with E-state index in [1.807, 2.05) is 60.7 Å². The van der Waals surface area contributed by atoms with Crippen LogP contribution in [-0.4, -0.2) is 37.5 Å². The largest absolute Gasteiger partial charge is 0.326 e. The van der Waals surface area contributed by atoms with Crippen LogP contribution in [-0.2, 0) is 21.2 Å². The second kappa shape index (κ2) is 9.15. The molecule has 0 aromatic heterocycles. The van der Waals surface area contributed by atoms with Crippen molar-refractivity contribution in [3.8, 4) is 0 Å². The molecule has 0 saturated carbocycles. The number of anilines is 1. The molecule has 2 aromatic carbocycles. The molecule has 1 amide bonds. The first-order valence-corrected chi connectivity index (χ1v) is 11.0.